The summed E-state index contributed by atoms with van der Waals surface area (Å²) in [7, 11) is 1.09. The van der Waals surface area contributed by atoms with Crippen LogP contribution in [0.3, 0.4) is 0 Å². The monoisotopic (exact) mass is 552 g/mol. The third kappa shape index (κ3) is 7.98. The largest absolute Gasteiger partial charge is 0.469 e. The predicted octanol–water partition coefficient (Wildman–Crippen LogP) is 7.06. The maximum atomic E-state index is 13.7. The molecular weight excluding hydrogens is 526 g/mol. The first kappa shape index (κ1) is 29.5. The Labute approximate surface area is 221 Å². The van der Waals surface area contributed by atoms with Crippen LogP contribution in [0.2, 0.25) is 0 Å². The number of esters is 1. The standard InChI is InChI=1S/C28H26F6N2O3/c1-3-24(36-26(38)35-16-17-7-5-4-6-8-17)23-15-20(27(29,30)31)9-10-22(23)19-11-18(13-25(37)39-2)12-21(14-19)28(32,33)34/h4-12,14-15,24H,3,13,16H2,1-2H3,(H2,35,36,38). The molecule has 208 valence electrons. The first-order chi connectivity index (χ1) is 18.3. The van der Waals surface area contributed by atoms with Gasteiger partial charge in [0.1, 0.15) is 0 Å². The average Bonchev–Trinajstić information content (AvgIpc) is 2.89. The van der Waals surface area contributed by atoms with Crippen LogP contribution < -0.4 is 10.6 Å². The lowest BCUT2D eigenvalue weighted by Crippen LogP contribution is -2.37. The number of hydrogen-bond acceptors (Lipinski definition) is 3. The zero-order valence-corrected chi connectivity index (χ0v) is 21.0. The van der Waals surface area contributed by atoms with Crippen molar-refractivity contribution in [3.8, 4) is 11.1 Å². The second-order valence-corrected chi connectivity index (χ2v) is 8.74. The molecule has 0 aliphatic heterocycles. The van der Waals surface area contributed by atoms with Crippen LogP contribution in [-0.4, -0.2) is 19.1 Å². The number of alkyl halides is 6. The third-order valence-electron chi connectivity index (χ3n) is 5.97. The second kappa shape index (κ2) is 12.2. The SMILES string of the molecule is CCC(NC(=O)NCc1ccccc1)c1cc(C(F)(F)F)ccc1-c1cc(CC(=O)OC)cc(C(F)(F)F)c1. The first-order valence-electron chi connectivity index (χ1n) is 11.9. The van der Waals surface area contributed by atoms with Crippen LogP contribution in [0.4, 0.5) is 31.1 Å². The van der Waals surface area contributed by atoms with Crippen molar-refractivity contribution in [2.75, 3.05) is 7.11 Å². The quantitative estimate of drug-likeness (QED) is 0.232. The van der Waals surface area contributed by atoms with Crippen LogP contribution in [0.15, 0.2) is 66.7 Å². The van der Waals surface area contributed by atoms with Crippen LogP contribution in [0.25, 0.3) is 11.1 Å². The van der Waals surface area contributed by atoms with E-state index in [1.165, 1.54) is 6.07 Å². The van der Waals surface area contributed by atoms with Gasteiger partial charge in [-0.2, -0.15) is 26.3 Å². The van der Waals surface area contributed by atoms with E-state index in [1.807, 2.05) is 0 Å². The number of methoxy groups -OCH3 is 1. The molecule has 0 radical (unpaired) electrons. The van der Waals surface area contributed by atoms with E-state index in [2.05, 4.69) is 15.4 Å². The second-order valence-electron chi connectivity index (χ2n) is 8.74. The number of nitrogens with one attached hydrogen (secondary N) is 2. The Morgan fingerprint density at radius 1 is 0.846 bits per heavy atom. The minimum Gasteiger partial charge on any atom is -0.469 e. The summed E-state index contributed by atoms with van der Waals surface area (Å²) in [6, 6.07) is 12.8. The number of hydrogen-bond donors (Lipinski definition) is 2. The predicted molar refractivity (Wildman–Crippen MR) is 132 cm³/mol. The molecule has 1 atom stereocenters. The summed E-state index contributed by atoms with van der Waals surface area (Å²) in [5.74, 6) is -0.781. The highest BCUT2D eigenvalue weighted by atomic mass is 19.4. The molecule has 0 saturated heterocycles. The molecule has 11 heteroatoms. The fourth-order valence-corrected chi connectivity index (χ4v) is 4.03. The molecule has 1 unspecified atom stereocenters. The maximum Gasteiger partial charge on any atom is 0.416 e. The van der Waals surface area contributed by atoms with Gasteiger partial charge in [-0.1, -0.05) is 49.4 Å². The summed E-state index contributed by atoms with van der Waals surface area (Å²) in [5, 5.41) is 5.26. The number of carbonyl (C=O) groups excluding carboxylic acids is 2. The van der Waals surface area contributed by atoms with Crippen LogP contribution in [0.1, 0.15) is 47.2 Å². The third-order valence-corrected chi connectivity index (χ3v) is 5.97. The molecule has 0 aliphatic rings. The van der Waals surface area contributed by atoms with Crippen LogP contribution in [0.5, 0.6) is 0 Å². The molecule has 0 fully saturated rings. The molecule has 0 aromatic heterocycles. The van der Waals surface area contributed by atoms with Crippen molar-refractivity contribution in [2.45, 2.75) is 44.7 Å². The Hall–Kier alpha value is -4.02. The molecule has 0 heterocycles. The highest BCUT2D eigenvalue weighted by Gasteiger charge is 2.34. The molecule has 3 aromatic carbocycles. The first-order valence-corrected chi connectivity index (χ1v) is 11.9. The summed E-state index contributed by atoms with van der Waals surface area (Å²) in [6.07, 6.45) is -9.85. The van der Waals surface area contributed by atoms with E-state index in [0.717, 1.165) is 43.0 Å². The lowest BCUT2D eigenvalue weighted by molar-refractivity contribution is -0.140. The van der Waals surface area contributed by atoms with Gasteiger partial charge in [-0.05, 0) is 58.5 Å². The van der Waals surface area contributed by atoms with Gasteiger partial charge in [0.05, 0.1) is 30.7 Å². The number of urea groups is 1. The molecule has 0 aliphatic carbocycles. The van der Waals surface area contributed by atoms with Crippen molar-refractivity contribution < 1.29 is 40.7 Å². The van der Waals surface area contributed by atoms with Gasteiger partial charge in [-0.25, -0.2) is 4.79 Å². The van der Waals surface area contributed by atoms with E-state index >= 15 is 0 Å². The summed E-state index contributed by atoms with van der Waals surface area (Å²) in [6.45, 7) is 1.78. The molecule has 39 heavy (non-hydrogen) atoms. The minimum atomic E-state index is -4.79. The maximum absolute atomic E-state index is 13.7. The number of benzene rings is 3. The van der Waals surface area contributed by atoms with Gasteiger partial charge < -0.3 is 15.4 Å². The zero-order chi connectivity index (χ0) is 28.8. The molecule has 3 aromatic rings. The van der Waals surface area contributed by atoms with E-state index in [1.54, 1.807) is 37.3 Å². The van der Waals surface area contributed by atoms with Gasteiger partial charge in [-0.3, -0.25) is 4.79 Å². The van der Waals surface area contributed by atoms with Gasteiger partial charge in [0.15, 0.2) is 0 Å². The van der Waals surface area contributed by atoms with Crippen molar-refractivity contribution in [1.82, 2.24) is 10.6 Å². The number of halogens is 6. The lowest BCUT2D eigenvalue weighted by atomic mass is 9.89. The Morgan fingerprint density at radius 3 is 2.10 bits per heavy atom. The van der Waals surface area contributed by atoms with Crippen LogP contribution >= 0.6 is 0 Å². The molecule has 0 bridgehead atoms. The molecular formula is C28H26F6N2O3. The van der Waals surface area contributed by atoms with Crippen molar-refractivity contribution in [2.24, 2.45) is 0 Å². The van der Waals surface area contributed by atoms with E-state index in [9.17, 15) is 35.9 Å². The van der Waals surface area contributed by atoms with Crippen molar-refractivity contribution in [1.29, 1.82) is 0 Å². The van der Waals surface area contributed by atoms with Gasteiger partial charge >= 0.3 is 24.4 Å². The van der Waals surface area contributed by atoms with E-state index in [-0.39, 0.29) is 35.2 Å². The van der Waals surface area contributed by atoms with Gasteiger partial charge in [0, 0.05) is 6.54 Å². The van der Waals surface area contributed by atoms with Crippen molar-refractivity contribution in [3.63, 3.8) is 0 Å². The Morgan fingerprint density at radius 2 is 1.51 bits per heavy atom. The topological polar surface area (TPSA) is 67.4 Å². The summed E-state index contributed by atoms with van der Waals surface area (Å²) >= 11 is 0. The number of carbonyl (C=O) groups is 2. The van der Waals surface area contributed by atoms with Gasteiger partial charge in [0.2, 0.25) is 0 Å². The molecule has 0 spiro atoms. The Bertz CT molecular complexity index is 1310. The van der Waals surface area contributed by atoms with Crippen molar-refractivity contribution >= 4 is 12.0 Å². The van der Waals surface area contributed by atoms with Gasteiger partial charge in [-0.15, -0.1) is 0 Å². The van der Waals surface area contributed by atoms with E-state index in [4.69, 9.17) is 0 Å². The normalized spacial score (nSPS) is 12.5. The average molecular weight is 553 g/mol. The minimum absolute atomic E-state index is 0.0227. The smallest absolute Gasteiger partial charge is 0.416 e. The zero-order valence-electron chi connectivity index (χ0n) is 21.0. The Balaban J connectivity index is 2.06. The van der Waals surface area contributed by atoms with Gasteiger partial charge in [0.25, 0.3) is 0 Å². The van der Waals surface area contributed by atoms with E-state index < -0.39 is 47.9 Å². The highest BCUT2D eigenvalue weighted by molar-refractivity contribution is 5.77. The van der Waals surface area contributed by atoms with Crippen molar-refractivity contribution in [3.05, 3.63) is 94.5 Å². The summed E-state index contributed by atoms with van der Waals surface area (Å²) in [4.78, 5) is 24.4. The van der Waals surface area contributed by atoms with Crippen LogP contribution in [0, 0.1) is 0 Å². The molecule has 2 N–H and O–H groups in total. The number of amides is 2. The fraction of sp³-hybridized carbons (Fsp3) is 0.286. The highest BCUT2D eigenvalue weighted by Crippen LogP contribution is 2.39. The molecule has 3 rings (SSSR count). The van der Waals surface area contributed by atoms with E-state index in [0.29, 0.717) is 0 Å². The molecule has 2 amide bonds. The number of rotatable bonds is 8. The Kier molecular flexibility index (Phi) is 9.26. The lowest BCUT2D eigenvalue weighted by Gasteiger charge is -2.23. The molecule has 0 saturated carbocycles. The summed E-state index contributed by atoms with van der Waals surface area (Å²) in [5.41, 5.74) is -1.36. The molecule has 5 nitrogen and oxygen atoms in total. The fourth-order valence-electron chi connectivity index (χ4n) is 4.03. The number of ether oxygens (including phenoxy) is 1. The summed E-state index contributed by atoms with van der Waals surface area (Å²) < 4.78 is 86.5. The van der Waals surface area contributed by atoms with Crippen LogP contribution in [-0.2, 0) is 34.8 Å².